The van der Waals surface area contributed by atoms with Crippen LogP contribution in [0.25, 0.3) is 0 Å². The zero-order valence-corrected chi connectivity index (χ0v) is 24.9. The standard InChI is InChI=1S/C29H32Cl2FN3O4S/c1-4-16-33-29(37)26(5-2)34(18-21-12-15-23(30)24(31)17-21)28(36)19-35(27-9-7-6-8-25(27)32)40(38,39)22-13-10-20(3)11-14-22/h6-15,17,26H,4-5,16,18-19H2,1-3H3,(H,33,37)/t26-/m1/s1. The monoisotopic (exact) mass is 607 g/mol. The first-order valence-electron chi connectivity index (χ1n) is 12.8. The molecule has 0 saturated heterocycles. The molecule has 0 bridgehead atoms. The Hall–Kier alpha value is -3.14. The number of carbonyl (C=O) groups excluding carboxylic acids is 2. The van der Waals surface area contributed by atoms with Crippen molar-refractivity contribution < 1.29 is 22.4 Å². The van der Waals surface area contributed by atoms with E-state index < -0.39 is 34.3 Å². The average Bonchev–Trinajstić information content (AvgIpc) is 2.93. The minimum Gasteiger partial charge on any atom is -0.354 e. The van der Waals surface area contributed by atoms with E-state index in [0.717, 1.165) is 15.9 Å². The molecule has 0 spiro atoms. The summed E-state index contributed by atoms with van der Waals surface area (Å²) in [5, 5.41) is 3.40. The number of benzene rings is 3. The third-order valence-electron chi connectivity index (χ3n) is 6.28. The van der Waals surface area contributed by atoms with Crippen molar-refractivity contribution in [3.8, 4) is 0 Å². The van der Waals surface area contributed by atoms with Crippen LogP contribution in [0.5, 0.6) is 0 Å². The summed E-state index contributed by atoms with van der Waals surface area (Å²) in [6, 6.07) is 15.3. The third kappa shape index (κ3) is 7.53. The fraction of sp³-hybridized carbons (Fsp3) is 0.310. The maximum Gasteiger partial charge on any atom is 0.264 e. The van der Waals surface area contributed by atoms with Crippen molar-refractivity contribution in [2.24, 2.45) is 0 Å². The molecule has 0 unspecified atom stereocenters. The molecule has 2 amide bonds. The number of aryl methyl sites for hydroxylation is 1. The molecule has 3 aromatic carbocycles. The van der Waals surface area contributed by atoms with Crippen molar-refractivity contribution in [2.75, 3.05) is 17.4 Å². The van der Waals surface area contributed by atoms with Crippen molar-refractivity contribution in [2.45, 2.75) is 51.1 Å². The van der Waals surface area contributed by atoms with Crippen molar-refractivity contribution in [1.82, 2.24) is 10.2 Å². The van der Waals surface area contributed by atoms with Gasteiger partial charge in [-0.2, -0.15) is 0 Å². The molecule has 0 aliphatic carbocycles. The first kappa shape index (κ1) is 31.4. The Morgan fingerprint density at radius 1 is 0.975 bits per heavy atom. The number of para-hydroxylation sites is 1. The number of halogens is 3. The van der Waals surface area contributed by atoms with Crippen molar-refractivity contribution in [3.05, 3.63) is 93.7 Å². The van der Waals surface area contributed by atoms with E-state index in [1.165, 1.54) is 35.2 Å². The van der Waals surface area contributed by atoms with Crippen LogP contribution in [0.3, 0.4) is 0 Å². The normalized spacial score (nSPS) is 12.1. The zero-order chi connectivity index (χ0) is 29.4. The Bertz CT molecular complexity index is 1450. The molecule has 0 aliphatic rings. The van der Waals surface area contributed by atoms with Crippen LogP contribution in [0, 0.1) is 12.7 Å². The molecule has 0 heterocycles. The number of anilines is 1. The lowest BCUT2D eigenvalue weighted by molar-refractivity contribution is -0.140. The SMILES string of the molecule is CCCNC(=O)[C@@H](CC)N(Cc1ccc(Cl)c(Cl)c1)C(=O)CN(c1ccccc1F)S(=O)(=O)c1ccc(C)cc1. The largest absolute Gasteiger partial charge is 0.354 e. The van der Waals surface area contributed by atoms with E-state index in [1.54, 1.807) is 37.3 Å². The van der Waals surface area contributed by atoms with Gasteiger partial charge in [0.05, 0.1) is 20.6 Å². The molecule has 3 aromatic rings. The van der Waals surface area contributed by atoms with Crippen molar-refractivity contribution in [1.29, 1.82) is 0 Å². The van der Waals surface area contributed by atoms with Gasteiger partial charge in [0, 0.05) is 13.1 Å². The molecule has 0 fully saturated rings. The number of nitrogens with one attached hydrogen (secondary N) is 1. The topological polar surface area (TPSA) is 86.8 Å². The van der Waals surface area contributed by atoms with Gasteiger partial charge < -0.3 is 10.2 Å². The van der Waals surface area contributed by atoms with Crippen LogP contribution in [0.2, 0.25) is 10.0 Å². The number of sulfonamides is 1. The molecule has 0 aliphatic heterocycles. The van der Waals surface area contributed by atoms with E-state index >= 15 is 4.39 Å². The average molecular weight is 609 g/mol. The highest BCUT2D eigenvalue weighted by molar-refractivity contribution is 7.92. The molecule has 0 aromatic heterocycles. The molecule has 7 nitrogen and oxygen atoms in total. The van der Waals surface area contributed by atoms with Crippen LogP contribution < -0.4 is 9.62 Å². The molecule has 0 saturated carbocycles. The third-order valence-corrected chi connectivity index (χ3v) is 8.79. The molecule has 1 N–H and O–H groups in total. The van der Waals surface area contributed by atoms with Gasteiger partial charge >= 0.3 is 0 Å². The lowest BCUT2D eigenvalue weighted by Gasteiger charge is -2.33. The second kappa shape index (κ2) is 14.0. The first-order chi connectivity index (χ1) is 19.0. The van der Waals surface area contributed by atoms with Gasteiger partial charge in [0.2, 0.25) is 11.8 Å². The summed E-state index contributed by atoms with van der Waals surface area (Å²) in [4.78, 5) is 28.3. The lowest BCUT2D eigenvalue weighted by Crippen LogP contribution is -2.52. The maximum absolute atomic E-state index is 15.0. The Labute approximate surface area is 244 Å². The van der Waals surface area contributed by atoms with Crippen LogP contribution in [-0.4, -0.2) is 44.3 Å². The molecule has 214 valence electrons. The summed E-state index contributed by atoms with van der Waals surface area (Å²) in [6.07, 6.45) is 0.950. The van der Waals surface area contributed by atoms with E-state index in [-0.39, 0.29) is 34.5 Å². The second-order valence-corrected chi connectivity index (χ2v) is 11.9. The summed E-state index contributed by atoms with van der Waals surface area (Å²) < 4.78 is 43.3. The summed E-state index contributed by atoms with van der Waals surface area (Å²) in [6.45, 7) is 5.09. The molecule has 3 rings (SSSR count). The van der Waals surface area contributed by atoms with E-state index in [2.05, 4.69) is 5.32 Å². The van der Waals surface area contributed by atoms with Gasteiger partial charge in [0.25, 0.3) is 10.0 Å². The number of hydrogen-bond acceptors (Lipinski definition) is 4. The number of carbonyl (C=O) groups is 2. The number of hydrogen-bond donors (Lipinski definition) is 1. The molecule has 0 radical (unpaired) electrons. The predicted molar refractivity (Wildman–Crippen MR) is 157 cm³/mol. The Balaban J connectivity index is 2.07. The van der Waals surface area contributed by atoms with Crippen LogP contribution in [0.15, 0.2) is 71.6 Å². The van der Waals surface area contributed by atoms with Crippen molar-refractivity contribution >= 4 is 50.7 Å². The molecular weight excluding hydrogens is 576 g/mol. The van der Waals surface area contributed by atoms with Crippen LogP contribution in [0.4, 0.5) is 10.1 Å². The highest BCUT2D eigenvalue weighted by Crippen LogP contribution is 2.28. The van der Waals surface area contributed by atoms with Gasteiger partial charge in [-0.15, -0.1) is 0 Å². The van der Waals surface area contributed by atoms with Crippen LogP contribution in [-0.2, 0) is 26.2 Å². The summed E-state index contributed by atoms with van der Waals surface area (Å²) >= 11 is 12.3. The predicted octanol–water partition coefficient (Wildman–Crippen LogP) is 5.97. The fourth-order valence-corrected chi connectivity index (χ4v) is 5.87. The van der Waals surface area contributed by atoms with Gasteiger partial charge in [0.15, 0.2) is 0 Å². The van der Waals surface area contributed by atoms with Crippen LogP contribution in [0.1, 0.15) is 37.8 Å². The summed E-state index contributed by atoms with van der Waals surface area (Å²) in [5.41, 5.74) is 1.14. The summed E-state index contributed by atoms with van der Waals surface area (Å²) in [7, 11) is -4.37. The number of nitrogens with zero attached hydrogens (tertiary/aromatic N) is 2. The maximum atomic E-state index is 15.0. The van der Waals surface area contributed by atoms with E-state index in [4.69, 9.17) is 23.2 Å². The Morgan fingerprint density at radius 3 is 2.25 bits per heavy atom. The Kier molecular flexibility index (Phi) is 11.0. The van der Waals surface area contributed by atoms with Gasteiger partial charge in [-0.25, -0.2) is 12.8 Å². The first-order valence-corrected chi connectivity index (χ1v) is 15.0. The number of amides is 2. The molecular formula is C29H32Cl2FN3O4S. The lowest BCUT2D eigenvalue weighted by atomic mass is 10.1. The number of rotatable bonds is 12. The highest BCUT2D eigenvalue weighted by Gasteiger charge is 2.34. The Morgan fingerprint density at radius 2 is 1.65 bits per heavy atom. The van der Waals surface area contributed by atoms with Gasteiger partial charge in [-0.1, -0.05) is 72.9 Å². The molecule has 40 heavy (non-hydrogen) atoms. The highest BCUT2D eigenvalue weighted by atomic mass is 35.5. The second-order valence-electron chi connectivity index (χ2n) is 9.26. The van der Waals surface area contributed by atoms with Gasteiger partial charge in [-0.05, 0) is 61.7 Å². The van der Waals surface area contributed by atoms with E-state index in [9.17, 15) is 18.0 Å². The quantitative estimate of drug-likeness (QED) is 0.275. The minimum absolute atomic E-state index is 0.0521. The van der Waals surface area contributed by atoms with Gasteiger partial charge in [0.1, 0.15) is 18.4 Å². The van der Waals surface area contributed by atoms with E-state index in [1.807, 2.05) is 13.8 Å². The zero-order valence-electron chi connectivity index (χ0n) is 22.5. The molecule has 11 heteroatoms. The fourth-order valence-electron chi connectivity index (χ4n) is 4.12. The summed E-state index contributed by atoms with van der Waals surface area (Å²) in [5.74, 6) is -1.88. The van der Waals surface area contributed by atoms with E-state index in [0.29, 0.717) is 23.6 Å². The smallest absolute Gasteiger partial charge is 0.264 e. The minimum atomic E-state index is -4.37. The van der Waals surface area contributed by atoms with Gasteiger partial charge in [-0.3, -0.25) is 13.9 Å². The van der Waals surface area contributed by atoms with Crippen LogP contribution >= 0.6 is 23.2 Å². The van der Waals surface area contributed by atoms with Crippen molar-refractivity contribution in [3.63, 3.8) is 0 Å². The molecule has 1 atom stereocenters.